The molecule has 2 aliphatic rings. The second-order valence-electron chi connectivity index (χ2n) is 17.4. The Bertz CT molecular complexity index is 2620. The van der Waals surface area contributed by atoms with Crippen LogP contribution in [-0.4, -0.2) is 166 Å². The lowest BCUT2D eigenvalue weighted by Gasteiger charge is -2.35. The number of fused-ring (bicyclic) bond motifs is 1. The normalized spacial score (nSPS) is 14.2. The van der Waals surface area contributed by atoms with Crippen molar-refractivity contribution in [3.05, 3.63) is 81.5 Å². The van der Waals surface area contributed by atoms with Gasteiger partial charge in [0.05, 0.1) is 103 Å². The lowest BCUT2D eigenvalue weighted by molar-refractivity contribution is -0.122. The quantitative estimate of drug-likeness (QED) is 0.0364. The molecule has 5 aromatic rings. The van der Waals surface area contributed by atoms with Gasteiger partial charge in [0, 0.05) is 68.1 Å². The van der Waals surface area contributed by atoms with Crippen LogP contribution in [0.2, 0.25) is 0 Å². The molecule has 1 aromatic carbocycles. The zero-order valence-corrected chi connectivity index (χ0v) is 42.5. The third-order valence-electron chi connectivity index (χ3n) is 12.4. The Labute approximate surface area is 423 Å². The number of ether oxygens (including phenoxy) is 6. The fourth-order valence-corrected chi connectivity index (χ4v) is 9.24. The van der Waals surface area contributed by atoms with E-state index in [0.717, 1.165) is 68.8 Å². The highest BCUT2D eigenvalue weighted by molar-refractivity contribution is 7.17. The highest BCUT2D eigenvalue weighted by atomic mass is 32.1. The van der Waals surface area contributed by atoms with Gasteiger partial charge in [-0.15, -0.1) is 0 Å². The van der Waals surface area contributed by atoms with E-state index in [1.54, 1.807) is 43.3 Å². The minimum absolute atomic E-state index is 0.00136. The van der Waals surface area contributed by atoms with Crippen LogP contribution in [0.3, 0.4) is 0 Å². The predicted octanol–water partition coefficient (Wildman–Crippen LogP) is 5.02. The lowest BCUT2D eigenvalue weighted by Crippen LogP contribution is -2.49. The number of carbonyl (C=O) groups is 3. The zero-order chi connectivity index (χ0) is 50.7. The fourth-order valence-electron chi connectivity index (χ4n) is 8.61. The van der Waals surface area contributed by atoms with Crippen LogP contribution in [0.15, 0.2) is 53.7 Å². The standard InChI is InChI=1S/C50H67N11O10S/c1-34-29-37(9-11-40(34)47(64)58-50-55-32-44(66-4)72-50)51-13-19-67-21-23-69-25-27-71-28-26-70-24-22-68-20-14-52-43(63)33-59-15-17-60(18-16-59)39-10-12-42(53-30-39)56-49-54-31-41-35(2)45(36(3)62)48(65)61(46(41)57-49)38-7-5-6-8-38/h9-12,29-32,38,51H,5-8,13-28,33H2,1-4H3,(H,52,63)(H,55,58,64)(H,53,54,56,57). The highest BCUT2D eigenvalue weighted by Crippen LogP contribution is 2.32. The SMILES string of the molecule is COc1cnc(NC(=O)c2ccc(NCCOCCOCCOCCOCCOCCNC(=O)CN3CCN(c4ccc(Nc5ncc6c(C)c(C(C)=O)c(=O)n(C7CCCC7)c6n5)nc4)CC3)cc2C)s1. The average molecular weight is 1010 g/mol. The molecule has 4 N–H and O–H groups in total. The summed E-state index contributed by atoms with van der Waals surface area (Å²) < 4.78 is 34.8. The molecule has 2 fully saturated rings. The van der Waals surface area contributed by atoms with E-state index in [9.17, 15) is 19.2 Å². The monoisotopic (exact) mass is 1010 g/mol. The molecular weight excluding hydrogens is 947 g/mol. The number of ketones is 1. The number of nitrogens with zero attached hydrogens (tertiary/aromatic N) is 7. The number of rotatable bonds is 29. The number of aromatic nitrogens is 5. The average Bonchev–Trinajstić information content (AvgIpc) is 4.08. The molecule has 0 atom stereocenters. The van der Waals surface area contributed by atoms with Crippen molar-refractivity contribution in [3.8, 4) is 5.06 Å². The van der Waals surface area contributed by atoms with Gasteiger partial charge < -0.3 is 49.3 Å². The number of methoxy groups -OCH3 is 1. The maximum atomic E-state index is 13.6. The summed E-state index contributed by atoms with van der Waals surface area (Å²) in [5.41, 5.74) is 4.34. The number of carbonyl (C=O) groups excluding carboxylic acids is 3. The molecule has 1 saturated carbocycles. The zero-order valence-electron chi connectivity index (χ0n) is 41.7. The van der Waals surface area contributed by atoms with Crippen LogP contribution < -0.4 is 36.5 Å². The third-order valence-corrected chi connectivity index (χ3v) is 13.2. The first-order valence-electron chi connectivity index (χ1n) is 24.5. The van der Waals surface area contributed by atoms with Gasteiger partial charge in [0.15, 0.2) is 16.0 Å². The first kappa shape index (κ1) is 53.7. The Morgan fingerprint density at radius 2 is 1.44 bits per heavy atom. The summed E-state index contributed by atoms with van der Waals surface area (Å²) >= 11 is 1.27. The molecule has 0 unspecified atom stereocenters. The van der Waals surface area contributed by atoms with Gasteiger partial charge >= 0.3 is 0 Å². The lowest BCUT2D eigenvalue weighted by atomic mass is 10.0. The minimum Gasteiger partial charge on any atom is -0.486 e. The van der Waals surface area contributed by atoms with Crippen molar-refractivity contribution in [1.82, 2.24) is 34.7 Å². The van der Waals surface area contributed by atoms with Crippen LogP contribution in [0.5, 0.6) is 5.06 Å². The molecule has 0 spiro atoms. The number of aryl methyl sites for hydroxylation is 2. The number of pyridine rings is 2. The molecule has 22 heteroatoms. The third kappa shape index (κ3) is 15.4. The second-order valence-corrected chi connectivity index (χ2v) is 18.4. The number of nitrogens with one attached hydrogen (secondary N) is 4. The van der Waals surface area contributed by atoms with E-state index in [1.807, 2.05) is 31.2 Å². The molecule has 7 rings (SSSR count). The first-order chi connectivity index (χ1) is 35.1. The predicted molar refractivity (Wildman–Crippen MR) is 276 cm³/mol. The van der Waals surface area contributed by atoms with Crippen molar-refractivity contribution in [3.63, 3.8) is 0 Å². The number of anilines is 5. The van der Waals surface area contributed by atoms with Crippen LogP contribution in [0, 0.1) is 13.8 Å². The van der Waals surface area contributed by atoms with Crippen molar-refractivity contribution >= 4 is 68.2 Å². The van der Waals surface area contributed by atoms with E-state index in [2.05, 4.69) is 46.0 Å². The summed E-state index contributed by atoms with van der Waals surface area (Å²) in [6.07, 6.45) is 8.86. The van der Waals surface area contributed by atoms with E-state index in [4.69, 9.17) is 33.4 Å². The largest absolute Gasteiger partial charge is 0.486 e. The number of piperazine rings is 1. The van der Waals surface area contributed by atoms with Crippen LogP contribution in [0.25, 0.3) is 11.0 Å². The van der Waals surface area contributed by atoms with Gasteiger partial charge in [-0.25, -0.2) is 15.0 Å². The molecule has 21 nitrogen and oxygen atoms in total. The maximum absolute atomic E-state index is 13.6. The van der Waals surface area contributed by atoms with E-state index in [0.29, 0.717) is 130 Å². The first-order valence-corrected chi connectivity index (χ1v) is 25.3. The van der Waals surface area contributed by atoms with Gasteiger partial charge in [0.25, 0.3) is 11.5 Å². The molecule has 388 valence electrons. The molecule has 4 aromatic heterocycles. The summed E-state index contributed by atoms with van der Waals surface area (Å²) in [4.78, 5) is 73.7. The number of benzene rings is 1. The van der Waals surface area contributed by atoms with Crippen molar-refractivity contribution < 1.29 is 42.8 Å². The molecule has 1 aliphatic carbocycles. The summed E-state index contributed by atoms with van der Waals surface area (Å²) in [5, 5.41) is 14.0. The molecule has 1 saturated heterocycles. The molecule has 1 aliphatic heterocycles. The Morgan fingerprint density at radius 1 is 0.778 bits per heavy atom. The molecule has 2 amide bonds. The molecular formula is C50H67N11O10S. The molecule has 0 bridgehead atoms. The van der Waals surface area contributed by atoms with Gasteiger partial charge in [-0.2, -0.15) is 4.98 Å². The number of hydrogen-bond acceptors (Lipinski definition) is 19. The Balaban J connectivity index is 0.659. The van der Waals surface area contributed by atoms with Crippen molar-refractivity contribution in [1.29, 1.82) is 0 Å². The highest BCUT2D eigenvalue weighted by Gasteiger charge is 2.26. The molecule has 0 radical (unpaired) electrons. The topological polar surface area (TPSA) is 235 Å². The van der Waals surface area contributed by atoms with Crippen LogP contribution in [-0.2, 0) is 28.5 Å². The summed E-state index contributed by atoms with van der Waals surface area (Å²) in [6, 6.07) is 9.44. The van der Waals surface area contributed by atoms with Gasteiger partial charge in [-0.1, -0.05) is 24.2 Å². The minimum atomic E-state index is -0.284. The van der Waals surface area contributed by atoms with Crippen molar-refractivity contribution in [2.75, 3.05) is 140 Å². The molecule has 72 heavy (non-hydrogen) atoms. The Kier molecular flexibility index (Phi) is 20.6. The van der Waals surface area contributed by atoms with Gasteiger partial charge in [0.1, 0.15) is 11.5 Å². The van der Waals surface area contributed by atoms with Crippen LogP contribution in [0.4, 0.5) is 28.3 Å². The Morgan fingerprint density at radius 3 is 2.06 bits per heavy atom. The number of thiazole rings is 1. The summed E-state index contributed by atoms with van der Waals surface area (Å²) in [6.45, 7) is 13.9. The number of amides is 2. The van der Waals surface area contributed by atoms with E-state index >= 15 is 0 Å². The summed E-state index contributed by atoms with van der Waals surface area (Å²) in [5.74, 6) is 0.379. The van der Waals surface area contributed by atoms with Gasteiger partial charge in [-0.3, -0.25) is 34.0 Å². The van der Waals surface area contributed by atoms with Crippen molar-refractivity contribution in [2.24, 2.45) is 0 Å². The maximum Gasteiger partial charge on any atom is 0.263 e. The van der Waals surface area contributed by atoms with Crippen LogP contribution in [0.1, 0.15) is 70.5 Å². The van der Waals surface area contributed by atoms with E-state index in [-0.39, 0.29) is 34.8 Å². The second kappa shape index (κ2) is 27.6. The van der Waals surface area contributed by atoms with Crippen LogP contribution >= 0.6 is 11.3 Å². The molecule has 5 heterocycles. The fraction of sp³-hybridized carbons (Fsp3) is 0.520. The van der Waals surface area contributed by atoms with E-state index in [1.165, 1.54) is 18.3 Å². The van der Waals surface area contributed by atoms with Gasteiger partial charge in [0.2, 0.25) is 11.9 Å². The van der Waals surface area contributed by atoms with Crippen molar-refractivity contribution in [2.45, 2.75) is 52.5 Å². The summed E-state index contributed by atoms with van der Waals surface area (Å²) in [7, 11) is 1.56. The van der Waals surface area contributed by atoms with Gasteiger partial charge in [-0.05, 0) is 75.1 Å². The number of hydrogen-bond donors (Lipinski definition) is 4. The smallest absolute Gasteiger partial charge is 0.263 e. The van der Waals surface area contributed by atoms with E-state index < -0.39 is 0 Å². The Hall–Kier alpha value is -6.14. The number of Topliss-reactive ketones (excluding diaryl/α,β-unsaturated/α-hetero) is 1.